The maximum Gasteiger partial charge on any atom is 0.191 e. The number of ether oxygens (including phenoxy) is 3. The largest absolute Gasteiger partial charge is 0.493 e. The van der Waals surface area contributed by atoms with Crippen LogP contribution in [0, 0.1) is 5.92 Å². The number of methoxy groups -OCH3 is 2. The molecule has 1 aliphatic rings. The molecule has 1 fully saturated rings. The summed E-state index contributed by atoms with van der Waals surface area (Å²) in [7, 11) is 5.13. The number of aliphatic imine (C=N–C) groups is 1. The van der Waals surface area contributed by atoms with Gasteiger partial charge in [-0.1, -0.05) is 13.0 Å². The molecule has 2 N–H and O–H groups in total. The lowest BCUT2D eigenvalue weighted by molar-refractivity contribution is 0.0389. The summed E-state index contributed by atoms with van der Waals surface area (Å²) in [4.78, 5) is 6.72. The van der Waals surface area contributed by atoms with Crippen LogP contribution in [0.3, 0.4) is 0 Å². The van der Waals surface area contributed by atoms with E-state index in [9.17, 15) is 0 Å². The van der Waals surface area contributed by atoms with Crippen LogP contribution in [0.1, 0.15) is 12.5 Å². The monoisotopic (exact) mass is 378 g/mol. The first-order valence-corrected chi connectivity index (χ1v) is 9.61. The Balaban J connectivity index is 1.72. The zero-order chi connectivity index (χ0) is 19.5. The molecule has 27 heavy (non-hydrogen) atoms. The second-order valence-electron chi connectivity index (χ2n) is 6.83. The molecule has 0 radical (unpaired) electrons. The zero-order valence-corrected chi connectivity index (χ0v) is 17.1. The molecule has 2 rings (SSSR count). The number of nitrogens with zero attached hydrogens (tertiary/aromatic N) is 2. The first-order valence-electron chi connectivity index (χ1n) is 9.61. The molecule has 0 saturated carbocycles. The van der Waals surface area contributed by atoms with E-state index in [1.54, 1.807) is 14.2 Å². The molecule has 1 saturated heterocycles. The lowest BCUT2D eigenvalue weighted by atomic mass is 10.0. The maximum atomic E-state index is 5.39. The van der Waals surface area contributed by atoms with E-state index in [2.05, 4.69) is 33.5 Å². The van der Waals surface area contributed by atoms with Crippen molar-refractivity contribution in [3.63, 3.8) is 0 Å². The summed E-state index contributed by atoms with van der Waals surface area (Å²) in [6.07, 6.45) is 0.956. The number of guanidine groups is 1. The fourth-order valence-corrected chi connectivity index (χ4v) is 3.13. The molecule has 0 amide bonds. The van der Waals surface area contributed by atoms with Gasteiger partial charge in [0.1, 0.15) is 0 Å². The van der Waals surface area contributed by atoms with Crippen molar-refractivity contribution in [3.8, 4) is 11.5 Å². The summed E-state index contributed by atoms with van der Waals surface area (Å²) >= 11 is 0. The Morgan fingerprint density at radius 2 is 1.93 bits per heavy atom. The molecule has 7 nitrogen and oxygen atoms in total. The first kappa shape index (κ1) is 21.3. The Labute approximate surface area is 163 Å². The van der Waals surface area contributed by atoms with Gasteiger partial charge in [-0.15, -0.1) is 0 Å². The van der Waals surface area contributed by atoms with E-state index in [1.165, 1.54) is 5.56 Å². The van der Waals surface area contributed by atoms with Crippen molar-refractivity contribution < 1.29 is 14.2 Å². The maximum absolute atomic E-state index is 5.39. The Hall–Kier alpha value is -1.99. The van der Waals surface area contributed by atoms with Crippen molar-refractivity contribution in [1.29, 1.82) is 0 Å². The highest BCUT2D eigenvalue weighted by atomic mass is 16.5. The average Bonchev–Trinajstić information content (AvgIpc) is 2.71. The Morgan fingerprint density at radius 3 is 2.59 bits per heavy atom. The van der Waals surface area contributed by atoms with Crippen LogP contribution in [0.25, 0.3) is 0 Å². The molecule has 1 heterocycles. The van der Waals surface area contributed by atoms with Crippen molar-refractivity contribution in [2.75, 3.05) is 67.2 Å². The van der Waals surface area contributed by atoms with Crippen LogP contribution < -0.4 is 20.1 Å². The fraction of sp³-hybridized carbons (Fsp3) is 0.650. The normalized spacial score (nSPS) is 16.7. The van der Waals surface area contributed by atoms with Gasteiger partial charge in [0.25, 0.3) is 0 Å². The zero-order valence-electron chi connectivity index (χ0n) is 17.1. The van der Waals surface area contributed by atoms with E-state index < -0.39 is 0 Å². The molecule has 0 bridgehead atoms. The third-order valence-electron chi connectivity index (χ3n) is 4.70. The van der Waals surface area contributed by atoms with Crippen LogP contribution in [0.15, 0.2) is 23.2 Å². The van der Waals surface area contributed by atoms with Gasteiger partial charge in [0, 0.05) is 39.8 Å². The minimum Gasteiger partial charge on any atom is -0.493 e. The lowest BCUT2D eigenvalue weighted by Crippen LogP contribution is -2.45. The summed E-state index contributed by atoms with van der Waals surface area (Å²) in [6.45, 7) is 8.65. The number of nitrogens with one attached hydrogen (secondary N) is 2. The molecule has 1 aromatic carbocycles. The second kappa shape index (κ2) is 11.7. The van der Waals surface area contributed by atoms with Crippen molar-refractivity contribution in [1.82, 2.24) is 15.5 Å². The molecule has 1 aliphatic heterocycles. The van der Waals surface area contributed by atoms with Crippen LogP contribution in [0.4, 0.5) is 0 Å². The molecular formula is C20H34N4O3. The van der Waals surface area contributed by atoms with E-state index in [4.69, 9.17) is 14.2 Å². The smallest absolute Gasteiger partial charge is 0.191 e. The number of morpholine rings is 1. The molecule has 1 atom stereocenters. The molecular weight excluding hydrogens is 344 g/mol. The van der Waals surface area contributed by atoms with Crippen LogP contribution in [0.2, 0.25) is 0 Å². The molecule has 1 aromatic rings. The number of rotatable bonds is 9. The Morgan fingerprint density at radius 1 is 1.19 bits per heavy atom. The van der Waals surface area contributed by atoms with Gasteiger partial charge < -0.3 is 24.8 Å². The molecule has 7 heteroatoms. The summed E-state index contributed by atoms with van der Waals surface area (Å²) in [5.74, 6) is 2.84. The minimum absolute atomic E-state index is 0.459. The molecule has 0 spiro atoms. The quantitative estimate of drug-likeness (QED) is 0.500. The number of hydrogen-bond acceptors (Lipinski definition) is 5. The minimum atomic E-state index is 0.459. The van der Waals surface area contributed by atoms with Gasteiger partial charge in [-0.3, -0.25) is 9.89 Å². The molecule has 1 unspecified atom stereocenters. The van der Waals surface area contributed by atoms with Gasteiger partial charge in [-0.25, -0.2) is 0 Å². The van der Waals surface area contributed by atoms with E-state index in [0.717, 1.165) is 69.8 Å². The van der Waals surface area contributed by atoms with E-state index in [1.807, 2.05) is 19.2 Å². The van der Waals surface area contributed by atoms with Crippen LogP contribution >= 0.6 is 0 Å². The van der Waals surface area contributed by atoms with Crippen molar-refractivity contribution in [3.05, 3.63) is 23.8 Å². The average molecular weight is 379 g/mol. The van der Waals surface area contributed by atoms with Gasteiger partial charge in [-0.05, 0) is 30.0 Å². The van der Waals surface area contributed by atoms with Crippen LogP contribution in [-0.2, 0) is 11.2 Å². The van der Waals surface area contributed by atoms with E-state index >= 15 is 0 Å². The fourth-order valence-electron chi connectivity index (χ4n) is 3.13. The first-order chi connectivity index (χ1) is 13.2. The molecule has 0 aromatic heterocycles. The highest BCUT2D eigenvalue weighted by molar-refractivity contribution is 5.79. The van der Waals surface area contributed by atoms with Gasteiger partial charge in [-0.2, -0.15) is 0 Å². The molecule has 152 valence electrons. The third-order valence-corrected chi connectivity index (χ3v) is 4.70. The second-order valence-corrected chi connectivity index (χ2v) is 6.83. The van der Waals surface area contributed by atoms with E-state index in [-0.39, 0.29) is 0 Å². The highest BCUT2D eigenvalue weighted by Gasteiger charge is 2.11. The Bertz CT molecular complexity index is 589. The SMILES string of the molecule is CN=C(NCCN1CCOCC1)NCC(C)Cc1ccc(OC)c(OC)c1. The Kier molecular flexibility index (Phi) is 9.21. The topological polar surface area (TPSA) is 67.4 Å². The van der Waals surface area contributed by atoms with Crippen molar-refractivity contribution in [2.24, 2.45) is 10.9 Å². The van der Waals surface area contributed by atoms with Crippen LogP contribution in [0.5, 0.6) is 11.5 Å². The van der Waals surface area contributed by atoms with Gasteiger partial charge >= 0.3 is 0 Å². The van der Waals surface area contributed by atoms with Gasteiger partial charge in [0.2, 0.25) is 0 Å². The predicted octanol–water partition coefficient (Wildman–Crippen LogP) is 1.38. The summed E-state index contributed by atoms with van der Waals surface area (Å²) in [5, 5.41) is 6.81. The summed E-state index contributed by atoms with van der Waals surface area (Å²) in [5.41, 5.74) is 1.23. The number of benzene rings is 1. The summed E-state index contributed by atoms with van der Waals surface area (Å²) < 4.78 is 16.1. The van der Waals surface area contributed by atoms with Crippen LogP contribution in [-0.4, -0.2) is 78.1 Å². The molecule has 0 aliphatic carbocycles. The predicted molar refractivity (Wildman–Crippen MR) is 109 cm³/mol. The van der Waals surface area contributed by atoms with Crippen molar-refractivity contribution >= 4 is 5.96 Å². The third kappa shape index (κ3) is 7.27. The number of hydrogen-bond donors (Lipinski definition) is 2. The van der Waals surface area contributed by atoms with Gasteiger partial charge in [0.15, 0.2) is 17.5 Å². The van der Waals surface area contributed by atoms with Gasteiger partial charge in [0.05, 0.1) is 27.4 Å². The summed E-state index contributed by atoms with van der Waals surface area (Å²) in [6, 6.07) is 6.10. The highest BCUT2D eigenvalue weighted by Crippen LogP contribution is 2.28. The standard InChI is InChI=1S/C20H34N4O3/c1-16(13-17-5-6-18(25-3)19(14-17)26-4)15-23-20(21-2)22-7-8-24-9-11-27-12-10-24/h5-6,14,16H,7-13,15H2,1-4H3,(H2,21,22,23). The van der Waals surface area contributed by atoms with Crippen molar-refractivity contribution in [2.45, 2.75) is 13.3 Å². The lowest BCUT2D eigenvalue weighted by Gasteiger charge is -2.26. The van der Waals surface area contributed by atoms with E-state index in [0.29, 0.717) is 5.92 Å².